The maximum absolute atomic E-state index is 9.45. The normalized spacial score (nSPS) is 22.4. The molecule has 2 rings (SSSR count). The number of aromatic nitrogens is 2. The molecule has 1 fully saturated rings. The van der Waals surface area contributed by atoms with Crippen molar-refractivity contribution < 1.29 is 5.11 Å². The van der Waals surface area contributed by atoms with Crippen LogP contribution in [0.15, 0.2) is 12.4 Å². The van der Waals surface area contributed by atoms with Gasteiger partial charge < -0.3 is 15.7 Å². The van der Waals surface area contributed by atoms with Crippen molar-refractivity contribution in [2.24, 2.45) is 0 Å². The van der Waals surface area contributed by atoms with E-state index in [0.717, 1.165) is 31.6 Å². The second-order valence-electron chi connectivity index (χ2n) is 4.38. The smallest absolute Gasteiger partial charge is 0.134 e. The first-order valence-corrected chi connectivity index (χ1v) is 5.69. The zero-order valence-electron chi connectivity index (χ0n) is 9.50. The van der Waals surface area contributed by atoms with Crippen molar-refractivity contribution in [2.75, 3.05) is 17.2 Å². The van der Waals surface area contributed by atoms with Crippen LogP contribution in [0, 0.1) is 0 Å². The lowest BCUT2D eigenvalue weighted by atomic mass is 10.1. The molecular weight excluding hydrogens is 204 g/mol. The van der Waals surface area contributed by atoms with Gasteiger partial charge in [0.2, 0.25) is 0 Å². The second-order valence-corrected chi connectivity index (χ2v) is 4.38. The molecule has 0 bridgehead atoms. The summed E-state index contributed by atoms with van der Waals surface area (Å²) in [4.78, 5) is 10.3. The number of hydrogen-bond donors (Lipinski definition) is 2. The van der Waals surface area contributed by atoms with E-state index < -0.39 is 0 Å². The number of aliphatic hydroxyl groups is 1. The van der Waals surface area contributed by atoms with E-state index in [1.807, 2.05) is 6.92 Å². The standard InChI is InChI=1S/C11H18N4O/c1-8(16)5-9-3-2-4-15(9)11-6-10(12)13-7-14-11/h6-9,16H,2-5H2,1H3,(H2,12,13,14). The van der Waals surface area contributed by atoms with Gasteiger partial charge in [-0.1, -0.05) is 0 Å². The number of aliphatic hydroxyl groups excluding tert-OH is 1. The highest BCUT2D eigenvalue weighted by atomic mass is 16.3. The Balaban J connectivity index is 2.13. The lowest BCUT2D eigenvalue weighted by Crippen LogP contribution is -2.32. The third-order valence-electron chi connectivity index (χ3n) is 2.96. The summed E-state index contributed by atoms with van der Waals surface area (Å²) in [6.07, 6.45) is 4.24. The number of anilines is 2. The fourth-order valence-electron chi connectivity index (χ4n) is 2.29. The van der Waals surface area contributed by atoms with Crippen LogP contribution in [-0.2, 0) is 0 Å². The van der Waals surface area contributed by atoms with Gasteiger partial charge in [0.25, 0.3) is 0 Å². The SMILES string of the molecule is CC(O)CC1CCCN1c1cc(N)ncn1. The van der Waals surface area contributed by atoms with Gasteiger partial charge in [-0.2, -0.15) is 0 Å². The molecular formula is C11H18N4O. The van der Waals surface area contributed by atoms with Gasteiger partial charge in [-0.15, -0.1) is 0 Å². The highest BCUT2D eigenvalue weighted by molar-refractivity contribution is 5.47. The quantitative estimate of drug-likeness (QED) is 0.791. The minimum atomic E-state index is -0.273. The van der Waals surface area contributed by atoms with Crippen molar-refractivity contribution in [2.45, 2.75) is 38.3 Å². The number of nitrogens with zero attached hydrogens (tertiary/aromatic N) is 3. The van der Waals surface area contributed by atoms with Gasteiger partial charge in [0.15, 0.2) is 0 Å². The van der Waals surface area contributed by atoms with Crippen molar-refractivity contribution in [3.63, 3.8) is 0 Å². The van der Waals surface area contributed by atoms with E-state index in [0.29, 0.717) is 11.9 Å². The highest BCUT2D eigenvalue weighted by Gasteiger charge is 2.26. The van der Waals surface area contributed by atoms with E-state index in [1.165, 1.54) is 6.33 Å². The van der Waals surface area contributed by atoms with Gasteiger partial charge in [-0.05, 0) is 26.2 Å². The molecule has 0 spiro atoms. The van der Waals surface area contributed by atoms with Gasteiger partial charge in [0.05, 0.1) is 6.10 Å². The van der Waals surface area contributed by atoms with Crippen LogP contribution in [0.25, 0.3) is 0 Å². The average Bonchev–Trinajstić information content (AvgIpc) is 2.65. The molecule has 88 valence electrons. The van der Waals surface area contributed by atoms with Gasteiger partial charge in [-0.25, -0.2) is 9.97 Å². The molecule has 5 nitrogen and oxygen atoms in total. The molecule has 16 heavy (non-hydrogen) atoms. The summed E-state index contributed by atoms with van der Waals surface area (Å²) in [5, 5.41) is 9.45. The zero-order chi connectivity index (χ0) is 11.5. The van der Waals surface area contributed by atoms with Crippen LogP contribution in [0.4, 0.5) is 11.6 Å². The predicted octanol–water partition coefficient (Wildman–Crippen LogP) is 0.799. The molecule has 2 atom stereocenters. The van der Waals surface area contributed by atoms with Crippen LogP contribution in [-0.4, -0.2) is 33.8 Å². The molecule has 1 aliphatic rings. The predicted molar refractivity (Wildman–Crippen MR) is 63.1 cm³/mol. The molecule has 1 aromatic rings. The molecule has 0 aromatic carbocycles. The Hall–Kier alpha value is -1.36. The van der Waals surface area contributed by atoms with Crippen LogP contribution >= 0.6 is 0 Å². The summed E-state index contributed by atoms with van der Waals surface area (Å²) in [5.41, 5.74) is 5.65. The first kappa shape index (κ1) is 11.1. The van der Waals surface area contributed by atoms with Crippen molar-refractivity contribution in [3.05, 3.63) is 12.4 Å². The third kappa shape index (κ3) is 2.41. The molecule has 1 aromatic heterocycles. The maximum Gasteiger partial charge on any atom is 0.134 e. The van der Waals surface area contributed by atoms with Crippen LogP contribution < -0.4 is 10.6 Å². The molecule has 0 aliphatic carbocycles. The molecule has 1 aliphatic heterocycles. The van der Waals surface area contributed by atoms with Crippen molar-refractivity contribution >= 4 is 11.6 Å². The van der Waals surface area contributed by atoms with E-state index in [-0.39, 0.29) is 6.10 Å². The monoisotopic (exact) mass is 222 g/mol. The van der Waals surface area contributed by atoms with Crippen molar-refractivity contribution in [1.29, 1.82) is 0 Å². The zero-order valence-corrected chi connectivity index (χ0v) is 9.50. The fourth-order valence-corrected chi connectivity index (χ4v) is 2.29. The fraction of sp³-hybridized carbons (Fsp3) is 0.636. The van der Waals surface area contributed by atoms with Crippen LogP contribution in [0.5, 0.6) is 0 Å². The molecule has 0 saturated carbocycles. The Morgan fingerprint density at radius 2 is 2.44 bits per heavy atom. The minimum absolute atomic E-state index is 0.273. The molecule has 2 unspecified atom stereocenters. The average molecular weight is 222 g/mol. The highest BCUT2D eigenvalue weighted by Crippen LogP contribution is 2.26. The van der Waals surface area contributed by atoms with Crippen molar-refractivity contribution in [3.8, 4) is 0 Å². The van der Waals surface area contributed by atoms with Crippen molar-refractivity contribution in [1.82, 2.24) is 9.97 Å². The minimum Gasteiger partial charge on any atom is -0.393 e. The van der Waals surface area contributed by atoms with Crippen LogP contribution in [0.3, 0.4) is 0 Å². The summed E-state index contributed by atoms with van der Waals surface area (Å²) in [6, 6.07) is 2.16. The van der Waals surface area contributed by atoms with E-state index in [1.54, 1.807) is 6.07 Å². The Labute approximate surface area is 95.3 Å². The molecule has 0 amide bonds. The number of hydrogen-bond acceptors (Lipinski definition) is 5. The topological polar surface area (TPSA) is 75.3 Å². The summed E-state index contributed by atoms with van der Waals surface area (Å²) < 4.78 is 0. The molecule has 5 heteroatoms. The van der Waals surface area contributed by atoms with Crippen LogP contribution in [0.1, 0.15) is 26.2 Å². The summed E-state index contributed by atoms with van der Waals surface area (Å²) in [6.45, 7) is 2.80. The number of nitrogens with two attached hydrogens (primary N) is 1. The maximum atomic E-state index is 9.45. The van der Waals surface area contributed by atoms with E-state index in [2.05, 4.69) is 14.9 Å². The summed E-state index contributed by atoms with van der Waals surface area (Å²) in [5.74, 6) is 1.36. The summed E-state index contributed by atoms with van der Waals surface area (Å²) >= 11 is 0. The Morgan fingerprint density at radius 3 is 3.12 bits per heavy atom. The third-order valence-corrected chi connectivity index (χ3v) is 2.96. The summed E-state index contributed by atoms with van der Waals surface area (Å²) in [7, 11) is 0. The first-order valence-electron chi connectivity index (χ1n) is 5.69. The largest absolute Gasteiger partial charge is 0.393 e. The Morgan fingerprint density at radius 1 is 1.62 bits per heavy atom. The van der Waals surface area contributed by atoms with E-state index >= 15 is 0 Å². The van der Waals surface area contributed by atoms with Gasteiger partial charge in [0, 0.05) is 18.7 Å². The lowest BCUT2D eigenvalue weighted by molar-refractivity contribution is 0.175. The Bertz CT molecular complexity index is 356. The second kappa shape index (κ2) is 4.65. The van der Waals surface area contributed by atoms with E-state index in [4.69, 9.17) is 5.73 Å². The number of rotatable bonds is 3. The van der Waals surface area contributed by atoms with Gasteiger partial charge in [-0.3, -0.25) is 0 Å². The number of nitrogen functional groups attached to an aromatic ring is 1. The van der Waals surface area contributed by atoms with Gasteiger partial charge >= 0.3 is 0 Å². The van der Waals surface area contributed by atoms with Gasteiger partial charge in [0.1, 0.15) is 18.0 Å². The lowest BCUT2D eigenvalue weighted by Gasteiger charge is -2.26. The Kier molecular flexibility index (Phi) is 3.24. The molecule has 2 heterocycles. The molecule has 1 saturated heterocycles. The van der Waals surface area contributed by atoms with Crippen LogP contribution in [0.2, 0.25) is 0 Å². The molecule has 0 radical (unpaired) electrons. The van der Waals surface area contributed by atoms with E-state index in [9.17, 15) is 5.11 Å². The molecule has 3 N–H and O–H groups in total. The first-order chi connectivity index (χ1) is 7.66.